The van der Waals surface area contributed by atoms with Crippen molar-refractivity contribution < 1.29 is 22.7 Å². The number of ketones is 1. The van der Waals surface area contributed by atoms with Crippen molar-refractivity contribution in [2.75, 3.05) is 6.54 Å². The van der Waals surface area contributed by atoms with Crippen LogP contribution in [0.3, 0.4) is 0 Å². The fourth-order valence-electron chi connectivity index (χ4n) is 1.33. The first-order chi connectivity index (χ1) is 8.17. The van der Waals surface area contributed by atoms with Crippen molar-refractivity contribution in [3.63, 3.8) is 0 Å². The molecule has 0 aromatic heterocycles. The molecule has 100 valence electrons. The Labute approximate surface area is 103 Å². The van der Waals surface area contributed by atoms with Gasteiger partial charge in [-0.1, -0.05) is 26.0 Å². The van der Waals surface area contributed by atoms with Crippen LogP contribution in [0.4, 0.5) is 13.2 Å². The average molecular weight is 261 g/mol. The van der Waals surface area contributed by atoms with Gasteiger partial charge in [0.05, 0.1) is 5.56 Å². The first-order valence-electron chi connectivity index (χ1n) is 5.27. The van der Waals surface area contributed by atoms with E-state index in [1.165, 1.54) is 18.2 Å². The predicted octanol–water partition coefficient (Wildman–Crippen LogP) is 2.75. The molecular weight excluding hydrogens is 247 g/mol. The predicted molar refractivity (Wildman–Crippen MR) is 60.3 cm³/mol. The standard InChI is InChI=1S/C12H14F3NO2/c1-11(2,7-16)10(17)8-5-3-4-6-9(8)18-12(13,14)15/h3-6H,7,16H2,1-2H3. The Kier molecular flexibility index (Phi) is 4.01. The Morgan fingerprint density at radius 2 is 1.83 bits per heavy atom. The van der Waals surface area contributed by atoms with Crippen LogP contribution >= 0.6 is 0 Å². The molecule has 0 heterocycles. The van der Waals surface area contributed by atoms with Crippen LogP contribution < -0.4 is 10.5 Å². The number of para-hydroxylation sites is 1. The highest BCUT2D eigenvalue weighted by Gasteiger charge is 2.35. The van der Waals surface area contributed by atoms with Crippen LogP contribution in [0.5, 0.6) is 5.75 Å². The van der Waals surface area contributed by atoms with E-state index in [2.05, 4.69) is 4.74 Å². The molecule has 0 unspecified atom stereocenters. The number of carbonyl (C=O) groups excluding carboxylic acids is 1. The lowest BCUT2D eigenvalue weighted by Gasteiger charge is -2.22. The van der Waals surface area contributed by atoms with Crippen molar-refractivity contribution in [3.8, 4) is 5.75 Å². The third-order valence-corrected chi connectivity index (χ3v) is 2.48. The summed E-state index contributed by atoms with van der Waals surface area (Å²) in [7, 11) is 0. The summed E-state index contributed by atoms with van der Waals surface area (Å²) in [4.78, 5) is 12.1. The summed E-state index contributed by atoms with van der Waals surface area (Å²) < 4.78 is 40.4. The highest BCUT2D eigenvalue weighted by Crippen LogP contribution is 2.30. The lowest BCUT2D eigenvalue weighted by molar-refractivity contribution is -0.274. The van der Waals surface area contributed by atoms with Crippen LogP contribution in [0, 0.1) is 5.41 Å². The lowest BCUT2D eigenvalue weighted by atomic mass is 9.84. The summed E-state index contributed by atoms with van der Waals surface area (Å²) >= 11 is 0. The second-order valence-corrected chi connectivity index (χ2v) is 4.46. The number of hydrogen-bond acceptors (Lipinski definition) is 3. The fraction of sp³-hybridized carbons (Fsp3) is 0.417. The zero-order chi connectivity index (χ0) is 14.0. The molecule has 0 amide bonds. The maximum atomic E-state index is 12.2. The van der Waals surface area contributed by atoms with Gasteiger partial charge in [-0.3, -0.25) is 4.79 Å². The van der Waals surface area contributed by atoms with Gasteiger partial charge in [0.2, 0.25) is 0 Å². The maximum absolute atomic E-state index is 12.2. The van der Waals surface area contributed by atoms with Gasteiger partial charge in [-0.2, -0.15) is 0 Å². The number of Topliss-reactive ketones (excluding diaryl/α,β-unsaturated/α-hetero) is 1. The summed E-state index contributed by atoms with van der Waals surface area (Å²) in [6, 6.07) is 5.24. The zero-order valence-electron chi connectivity index (χ0n) is 10.0. The first-order valence-corrected chi connectivity index (χ1v) is 5.27. The lowest BCUT2D eigenvalue weighted by Crippen LogP contribution is -2.33. The van der Waals surface area contributed by atoms with Gasteiger partial charge in [0, 0.05) is 12.0 Å². The number of benzene rings is 1. The van der Waals surface area contributed by atoms with E-state index in [4.69, 9.17) is 5.73 Å². The Morgan fingerprint density at radius 3 is 2.33 bits per heavy atom. The summed E-state index contributed by atoms with van der Waals surface area (Å²) in [6.07, 6.45) is -4.83. The minimum absolute atomic E-state index is 0.0339. The molecule has 0 saturated carbocycles. The second kappa shape index (κ2) is 4.97. The minimum Gasteiger partial charge on any atom is -0.405 e. The maximum Gasteiger partial charge on any atom is 0.573 e. The average Bonchev–Trinajstić information content (AvgIpc) is 2.26. The molecule has 0 atom stereocenters. The normalized spacial score (nSPS) is 12.3. The molecule has 0 aliphatic heterocycles. The third kappa shape index (κ3) is 3.46. The van der Waals surface area contributed by atoms with Crippen molar-refractivity contribution in [2.24, 2.45) is 11.1 Å². The summed E-state index contributed by atoms with van der Waals surface area (Å²) in [5.74, 6) is -0.985. The monoisotopic (exact) mass is 261 g/mol. The van der Waals surface area contributed by atoms with Crippen LogP contribution in [0.25, 0.3) is 0 Å². The third-order valence-electron chi connectivity index (χ3n) is 2.48. The van der Waals surface area contributed by atoms with Gasteiger partial charge in [0.1, 0.15) is 5.75 Å². The summed E-state index contributed by atoms with van der Waals surface area (Å²) in [5, 5.41) is 0. The molecule has 0 fully saturated rings. The smallest absolute Gasteiger partial charge is 0.405 e. The van der Waals surface area contributed by atoms with E-state index >= 15 is 0 Å². The Hall–Kier alpha value is -1.56. The summed E-state index contributed by atoms with van der Waals surface area (Å²) in [5.41, 5.74) is 4.38. The highest BCUT2D eigenvalue weighted by molar-refractivity contribution is 6.02. The van der Waals surface area contributed by atoms with Gasteiger partial charge in [0.15, 0.2) is 5.78 Å². The number of nitrogens with two attached hydrogens (primary N) is 1. The van der Waals surface area contributed by atoms with Crippen molar-refractivity contribution in [1.29, 1.82) is 0 Å². The minimum atomic E-state index is -4.83. The van der Waals surface area contributed by atoms with E-state index < -0.39 is 23.3 Å². The van der Waals surface area contributed by atoms with E-state index in [0.717, 1.165) is 6.07 Å². The van der Waals surface area contributed by atoms with E-state index in [0.29, 0.717) is 0 Å². The Morgan fingerprint density at radius 1 is 1.28 bits per heavy atom. The molecule has 0 aliphatic carbocycles. The van der Waals surface area contributed by atoms with Crippen molar-refractivity contribution >= 4 is 5.78 Å². The molecule has 0 spiro atoms. The number of alkyl halides is 3. The van der Waals surface area contributed by atoms with E-state index in [1.54, 1.807) is 13.8 Å². The number of rotatable bonds is 4. The molecular formula is C12H14F3NO2. The topological polar surface area (TPSA) is 52.3 Å². The highest BCUT2D eigenvalue weighted by atomic mass is 19.4. The van der Waals surface area contributed by atoms with E-state index in [9.17, 15) is 18.0 Å². The number of hydrogen-bond donors (Lipinski definition) is 1. The Bertz CT molecular complexity index is 441. The van der Waals surface area contributed by atoms with Gasteiger partial charge < -0.3 is 10.5 Å². The molecule has 0 bridgehead atoms. The van der Waals surface area contributed by atoms with E-state index in [1.807, 2.05) is 0 Å². The van der Waals surface area contributed by atoms with Gasteiger partial charge in [-0.15, -0.1) is 13.2 Å². The molecule has 18 heavy (non-hydrogen) atoms. The van der Waals surface area contributed by atoms with Crippen LogP contribution in [0.2, 0.25) is 0 Å². The molecule has 2 N–H and O–H groups in total. The van der Waals surface area contributed by atoms with Gasteiger partial charge in [-0.05, 0) is 12.1 Å². The second-order valence-electron chi connectivity index (χ2n) is 4.46. The molecule has 1 aromatic carbocycles. The molecule has 1 aromatic rings. The number of carbonyl (C=O) groups is 1. The van der Waals surface area contributed by atoms with Crippen LogP contribution in [0.1, 0.15) is 24.2 Å². The molecule has 1 rings (SSSR count). The number of halogens is 3. The summed E-state index contributed by atoms with van der Waals surface area (Å²) in [6.45, 7) is 3.17. The molecule has 0 radical (unpaired) electrons. The molecule has 0 saturated heterocycles. The largest absolute Gasteiger partial charge is 0.573 e. The van der Waals surface area contributed by atoms with Crippen LogP contribution in [0.15, 0.2) is 24.3 Å². The van der Waals surface area contributed by atoms with Gasteiger partial charge >= 0.3 is 6.36 Å². The van der Waals surface area contributed by atoms with Gasteiger partial charge in [-0.25, -0.2) is 0 Å². The molecule has 3 nitrogen and oxygen atoms in total. The Balaban J connectivity index is 3.14. The molecule has 0 aliphatic rings. The van der Waals surface area contributed by atoms with Crippen molar-refractivity contribution in [3.05, 3.63) is 29.8 Å². The fourth-order valence-corrected chi connectivity index (χ4v) is 1.33. The van der Waals surface area contributed by atoms with Crippen LogP contribution in [-0.4, -0.2) is 18.7 Å². The number of ether oxygens (including phenoxy) is 1. The van der Waals surface area contributed by atoms with Crippen LogP contribution in [-0.2, 0) is 0 Å². The van der Waals surface area contributed by atoms with Crippen molar-refractivity contribution in [1.82, 2.24) is 0 Å². The first kappa shape index (κ1) is 14.5. The van der Waals surface area contributed by atoms with Gasteiger partial charge in [0.25, 0.3) is 0 Å². The quantitative estimate of drug-likeness (QED) is 0.848. The van der Waals surface area contributed by atoms with E-state index in [-0.39, 0.29) is 12.1 Å². The molecule has 6 heteroatoms. The SMILES string of the molecule is CC(C)(CN)C(=O)c1ccccc1OC(F)(F)F. The zero-order valence-corrected chi connectivity index (χ0v) is 10.0. The van der Waals surface area contributed by atoms with Crippen molar-refractivity contribution in [2.45, 2.75) is 20.2 Å².